The SMILES string of the molecule is CC#N.CCC(CCc1ccc(C2CC(F)C(F)C2)cc1)N(CCc1ccccc1)C(C)C. The van der Waals surface area contributed by atoms with Gasteiger partial charge in [-0.15, -0.1) is 0 Å². The summed E-state index contributed by atoms with van der Waals surface area (Å²) in [5.41, 5.74) is 3.79. The zero-order chi connectivity index (χ0) is 24.2. The van der Waals surface area contributed by atoms with Gasteiger partial charge >= 0.3 is 0 Å². The Morgan fingerprint density at radius 3 is 2.00 bits per heavy atom. The first-order chi connectivity index (χ1) is 15.9. The van der Waals surface area contributed by atoms with Gasteiger partial charge in [0, 0.05) is 25.6 Å². The lowest BCUT2D eigenvalue weighted by Crippen LogP contribution is -2.41. The van der Waals surface area contributed by atoms with Crippen molar-refractivity contribution >= 4 is 0 Å². The molecule has 2 nitrogen and oxygen atoms in total. The lowest BCUT2D eigenvalue weighted by atomic mass is 9.94. The highest BCUT2D eigenvalue weighted by Gasteiger charge is 2.35. The van der Waals surface area contributed by atoms with Crippen LogP contribution in [-0.2, 0) is 12.8 Å². The monoisotopic (exact) mass is 454 g/mol. The van der Waals surface area contributed by atoms with Crippen LogP contribution in [0.15, 0.2) is 54.6 Å². The highest BCUT2D eigenvalue weighted by molar-refractivity contribution is 5.27. The summed E-state index contributed by atoms with van der Waals surface area (Å²) in [6, 6.07) is 22.0. The van der Waals surface area contributed by atoms with Crippen molar-refractivity contribution in [2.45, 2.75) is 96.6 Å². The Balaban J connectivity index is 0.00000122. The molecule has 180 valence electrons. The van der Waals surface area contributed by atoms with Crippen LogP contribution < -0.4 is 0 Å². The molecule has 0 heterocycles. The molecule has 0 amide bonds. The first-order valence-electron chi connectivity index (χ1n) is 12.4. The van der Waals surface area contributed by atoms with Crippen LogP contribution >= 0.6 is 0 Å². The minimum Gasteiger partial charge on any atom is -0.298 e. The van der Waals surface area contributed by atoms with Gasteiger partial charge in [-0.2, -0.15) is 5.26 Å². The van der Waals surface area contributed by atoms with Gasteiger partial charge in [-0.25, -0.2) is 8.78 Å². The number of benzene rings is 2. The number of aryl methyl sites for hydroxylation is 1. The molecule has 4 heteroatoms. The standard InChI is InChI=1S/C27H37F2N.C2H3N/c1-4-25(30(20(2)3)17-16-21-8-6-5-7-9-21)15-12-22-10-13-23(14-11-22)24-18-26(28)27(29)19-24;1-2-3/h5-11,13-14,20,24-27H,4,12,15-19H2,1-3H3;1H3. The van der Waals surface area contributed by atoms with Crippen LogP contribution in [0.2, 0.25) is 0 Å². The molecule has 0 radical (unpaired) electrons. The quantitative estimate of drug-likeness (QED) is 0.373. The van der Waals surface area contributed by atoms with Crippen molar-refractivity contribution < 1.29 is 8.78 Å². The minimum atomic E-state index is -1.29. The summed E-state index contributed by atoms with van der Waals surface area (Å²) < 4.78 is 27.0. The van der Waals surface area contributed by atoms with Gasteiger partial charge in [-0.1, -0.05) is 61.5 Å². The Bertz CT molecular complexity index is 819. The van der Waals surface area contributed by atoms with E-state index in [1.807, 2.05) is 0 Å². The molecule has 0 saturated heterocycles. The maximum Gasteiger partial charge on any atom is 0.132 e. The fourth-order valence-corrected chi connectivity index (χ4v) is 4.87. The average Bonchev–Trinajstić information content (AvgIpc) is 3.15. The molecule has 33 heavy (non-hydrogen) atoms. The Morgan fingerprint density at radius 2 is 1.48 bits per heavy atom. The van der Waals surface area contributed by atoms with Gasteiger partial charge in [0.2, 0.25) is 0 Å². The first kappa shape index (κ1) is 27.0. The lowest BCUT2D eigenvalue weighted by molar-refractivity contribution is 0.143. The average molecular weight is 455 g/mol. The normalized spacial score (nSPS) is 20.9. The zero-order valence-electron chi connectivity index (χ0n) is 20.7. The number of halogens is 2. The van der Waals surface area contributed by atoms with Gasteiger partial charge in [0.05, 0.1) is 6.07 Å². The van der Waals surface area contributed by atoms with Gasteiger partial charge in [0.25, 0.3) is 0 Å². The van der Waals surface area contributed by atoms with Crippen molar-refractivity contribution in [3.63, 3.8) is 0 Å². The van der Waals surface area contributed by atoms with Crippen molar-refractivity contribution in [1.29, 1.82) is 5.26 Å². The summed E-state index contributed by atoms with van der Waals surface area (Å²) in [5, 5.41) is 7.32. The molecule has 3 rings (SSSR count). The summed E-state index contributed by atoms with van der Waals surface area (Å²) in [6.45, 7) is 9.38. The highest BCUT2D eigenvalue weighted by atomic mass is 19.2. The topological polar surface area (TPSA) is 27.0 Å². The second kappa shape index (κ2) is 14.1. The van der Waals surface area contributed by atoms with Crippen LogP contribution in [0.1, 0.15) is 76.0 Å². The third kappa shape index (κ3) is 8.55. The summed E-state index contributed by atoms with van der Waals surface area (Å²) in [4.78, 5) is 2.64. The van der Waals surface area contributed by atoms with Gasteiger partial charge in [-0.3, -0.25) is 4.90 Å². The van der Waals surface area contributed by atoms with Crippen LogP contribution in [0.25, 0.3) is 0 Å². The highest BCUT2D eigenvalue weighted by Crippen LogP contribution is 2.38. The Labute approximate surface area is 199 Å². The number of rotatable bonds is 10. The second-order valence-electron chi connectivity index (χ2n) is 9.33. The number of nitriles is 1. The molecule has 0 spiro atoms. The van der Waals surface area contributed by atoms with E-state index in [-0.39, 0.29) is 5.92 Å². The van der Waals surface area contributed by atoms with E-state index in [0.29, 0.717) is 24.9 Å². The molecule has 1 fully saturated rings. The van der Waals surface area contributed by atoms with Gasteiger partial charge < -0.3 is 0 Å². The molecule has 0 aromatic heterocycles. The number of hydrogen-bond acceptors (Lipinski definition) is 2. The number of nitrogens with zero attached hydrogens (tertiary/aromatic N) is 2. The summed E-state index contributed by atoms with van der Waals surface area (Å²) >= 11 is 0. The van der Waals surface area contributed by atoms with Crippen LogP contribution in [0.3, 0.4) is 0 Å². The molecule has 1 aliphatic rings. The smallest absolute Gasteiger partial charge is 0.132 e. The molecular weight excluding hydrogens is 414 g/mol. The van der Waals surface area contributed by atoms with E-state index in [4.69, 9.17) is 5.26 Å². The summed E-state index contributed by atoms with van der Waals surface area (Å²) in [7, 11) is 0. The maximum absolute atomic E-state index is 13.5. The van der Waals surface area contributed by atoms with Crippen LogP contribution in [0.5, 0.6) is 0 Å². The fraction of sp³-hybridized carbons (Fsp3) is 0.552. The van der Waals surface area contributed by atoms with Crippen molar-refractivity contribution in [2.24, 2.45) is 0 Å². The number of hydrogen-bond donors (Lipinski definition) is 0. The molecule has 2 aromatic carbocycles. The van der Waals surface area contributed by atoms with E-state index in [1.54, 1.807) is 6.07 Å². The Hall–Kier alpha value is -2.25. The van der Waals surface area contributed by atoms with Crippen LogP contribution in [0, 0.1) is 11.3 Å². The first-order valence-corrected chi connectivity index (χ1v) is 12.4. The molecule has 2 aromatic rings. The Morgan fingerprint density at radius 1 is 0.939 bits per heavy atom. The predicted octanol–water partition coefficient (Wildman–Crippen LogP) is 7.43. The second-order valence-corrected chi connectivity index (χ2v) is 9.33. The van der Waals surface area contributed by atoms with E-state index in [1.165, 1.54) is 18.1 Å². The summed E-state index contributed by atoms with van der Waals surface area (Å²) in [6.07, 6.45) is 2.45. The molecule has 1 saturated carbocycles. The lowest BCUT2D eigenvalue weighted by Gasteiger charge is -2.35. The molecule has 0 bridgehead atoms. The van der Waals surface area contributed by atoms with Crippen molar-refractivity contribution in [2.75, 3.05) is 6.54 Å². The molecule has 0 aliphatic heterocycles. The van der Waals surface area contributed by atoms with Crippen LogP contribution in [-0.4, -0.2) is 35.9 Å². The van der Waals surface area contributed by atoms with Gasteiger partial charge in [0.1, 0.15) is 12.3 Å². The fourth-order valence-electron chi connectivity index (χ4n) is 4.87. The third-order valence-electron chi connectivity index (χ3n) is 6.73. The molecule has 1 aliphatic carbocycles. The predicted molar refractivity (Wildman–Crippen MR) is 134 cm³/mol. The van der Waals surface area contributed by atoms with Crippen molar-refractivity contribution in [3.8, 4) is 6.07 Å². The molecular formula is C29H40F2N2. The van der Waals surface area contributed by atoms with Crippen molar-refractivity contribution in [1.82, 2.24) is 4.90 Å². The van der Waals surface area contributed by atoms with E-state index >= 15 is 0 Å². The van der Waals surface area contributed by atoms with E-state index in [9.17, 15) is 8.78 Å². The zero-order valence-corrected chi connectivity index (χ0v) is 20.7. The van der Waals surface area contributed by atoms with Gasteiger partial charge in [-0.05, 0) is 75.0 Å². The van der Waals surface area contributed by atoms with E-state index in [0.717, 1.165) is 37.8 Å². The third-order valence-corrected chi connectivity index (χ3v) is 6.73. The largest absolute Gasteiger partial charge is 0.298 e. The van der Waals surface area contributed by atoms with E-state index in [2.05, 4.69) is 80.3 Å². The van der Waals surface area contributed by atoms with Gasteiger partial charge in [0.15, 0.2) is 0 Å². The molecule has 3 atom stereocenters. The Kier molecular flexibility index (Phi) is 11.5. The van der Waals surface area contributed by atoms with Crippen molar-refractivity contribution in [3.05, 3.63) is 71.3 Å². The minimum absolute atomic E-state index is 0.0295. The molecule has 3 unspecified atom stereocenters. The number of alkyl halides is 2. The summed E-state index contributed by atoms with van der Waals surface area (Å²) in [5.74, 6) is 0.0295. The van der Waals surface area contributed by atoms with E-state index < -0.39 is 12.3 Å². The maximum atomic E-state index is 13.5. The molecule has 0 N–H and O–H groups in total. The van der Waals surface area contributed by atoms with Crippen LogP contribution in [0.4, 0.5) is 8.78 Å².